The fraction of sp³-hybridized carbons (Fsp3) is 0.130. The Balaban J connectivity index is 1.78. The zero-order valence-electron chi connectivity index (χ0n) is 15.5. The molecular weight excluding hydrogens is 336 g/mol. The second kappa shape index (κ2) is 8.32. The van der Waals surface area contributed by atoms with Crippen molar-refractivity contribution in [1.82, 2.24) is 0 Å². The molecule has 3 aromatic rings. The van der Waals surface area contributed by atoms with E-state index >= 15 is 0 Å². The Hall–Kier alpha value is -3.40. The summed E-state index contributed by atoms with van der Waals surface area (Å²) in [6, 6.07) is 25.8. The lowest BCUT2D eigenvalue weighted by Crippen LogP contribution is -2.30. The number of hydrogen-bond acceptors (Lipinski definition) is 2. The minimum absolute atomic E-state index is 0.0842. The fourth-order valence-electron chi connectivity index (χ4n) is 2.93. The van der Waals surface area contributed by atoms with E-state index in [-0.39, 0.29) is 11.8 Å². The van der Waals surface area contributed by atoms with E-state index < -0.39 is 0 Å². The van der Waals surface area contributed by atoms with Crippen molar-refractivity contribution in [1.29, 1.82) is 0 Å². The summed E-state index contributed by atoms with van der Waals surface area (Å²) in [7, 11) is 1.74. The van der Waals surface area contributed by atoms with E-state index in [0.717, 1.165) is 11.4 Å². The fourth-order valence-corrected chi connectivity index (χ4v) is 2.93. The van der Waals surface area contributed by atoms with Gasteiger partial charge >= 0.3 is 0 Å². The number of para-hydroxylation sites is 2. The highest BCUT2D eigenvalue weighted by atomic mass is 16.2. The van der Waals surface area contributed by atoms with Gasteiger partial charge in [0.15, 0.2) is 0 Å². The second-order valence-corrected chi connectivity index (χ2v) is 6.16. The molecule has 0 bridgehead atoms. The molecule has 0 heterocycles. The topological polar surface area (TPSA) is 40.6 Å². The number of hydrogen-bond donors (Lipinski definition) is 0. The summed E-state index contributed by atoms with van der Waals surface area (Å²) < 4.78 is 0. The maximum absolute atomic E-state index is 12.8. The molecule has 3 aromatic carbocycles. The summed E-state index contributed by atoms with van der Waals surface area (Å²) in [5.41, 5.74) is 2.78. The van der Waals surface area contributed by atoms with E-state index in [1.165, 1.54) is 0 Å². The Morgan fingerprint density at radius 1 is 0.667 bits per heavy atom. The molecule has 0 radical (unpaired) electrons. The van der Waals surface area contributed by atoms with Crippen LogP contribution in [0, 0.1) is 0 Å². The van der Waals surface area contributed by atoms with E-state index in [9.17, 15) is 9.59 Å². The first kappa shape index (κ1) is 18.4. The lowest BCUT2D eigenvalue weighted by molar-refractivity contribution is 0.0979. The summed E-state index contributed by atoms with van der Waals surface area (Å²) in [6.07, 6.45) is 0. The summed E-state index contributed by atoms with van der Waals surface area (Å²) in [6.45, 7) is 2.51. The number of benzene rings is 3. The van der Waals surface area contributed by atoms with Crippen LogP contribution >= 0.6 is 0 Å². The summed E-state index contributed by atoms with van der Waals surface area (Å²) in [5, 5.41) is 0. The molecule has 0 unspecified atom stereocenters. The molecule has 0 aliphatic carbocycles. The average Bonchev–Trinajstić information content (AvgIpc) is 2.74. The SMILES string of the molecule is CCN(C(=O)c1ccc(C(=O)N(C)c2ccccc2)cc1)c1ccccc1. The third-order valence-corrected chi connectivity index (χ3v) is 4.46. The van der Waals surface area contributed by atoms with Crippen molar-refractivity contribution in [3.05, 3.63) is 96.1 Å². The number of carbonyl (C=O) groups is 2. The number of anilines is 2. The molecule has 4 nitrogen and oxygen atoms in total. The Morgan fingerprint density at radius 2 is 1.11 bits per heavy atom. The van der Waals surface area contributed by atoms with Gasteiger partial charge in [-0.15, -0.1) is 0 Å². The predicted molar refractivity (Wildman–Crippen MR) is 109 cm³/mol. The van der Waals surface area contributed by atoms with Crippen LogP contribution in [0.25, 0.3) is 0 Å². The van der Waals surface area contributed by atoms with Gasteiger partial charge in [-0.1, -0.05) is 36.4 Å². The first-order chi connectivity index (χ1) is 13.1. The van der Waals surface area contributed by atoms with Crippen LogP contribution in [0.15, 0.2) is 84.9 Å². The van der Waals surface area contributed by atoms with Gasteiger partial charge in [-0.25, -0.2) is 0 Å². The monoisotopic (exact) mass is 358 g/mol. The number of rotatable bonds is 5. The molecule has 0 aliphatic heterocycles. The first-order valence-electron chi connectivity index (χ1n) is 8.92. The molecule has 0 fully saturated rings. The molecule has 0 atom stereocenters. The molecule has 0 N–H and O–H groups in total. The first-order valence-corrected chi connectivity index (χ1v) is 8.92. The minimum atomic E-state index is -0.115. The molecule has 0 saturated heterocycles. The predicted octanol–water partition coefficient (Wildman–Crippen LogP) is 4.63. The van der Waals surface area contributed by atoms with Crippen molar-refractivity contribution in [2.24, 2.45) is 0 Å². The smallest absolute Gasteiger partial charge is 0.258 e. The molecule has 3 rings (SSSR count). The maximum atomic E-state index is 12.8. The Labute approximate surface area is 159 Å². The van der Waals surface area contributed by atoms with Gasteiger partial charge in [-0.3, -0.25) is 9.59 Å². The minimum Gasteiger partial charge on any atom is -0.311 e. The van der Waals surface area contributed by atoms with Crippen LogP contribution in [0.2, 0.25) is 0 Å². The molecule has 0 aromatic heterocycles. The number of amides is 2. The molecule has 0 aliphatic rings. The average molecular weight is 358 g/mol. The van der Waals surface area contributed by atoms with Gasteiger partial charge in [-0.05, 0) is 55.5 Å². The van der Waals surface area contributed by atoms with E-state index in [4.69, 9.17) is 0 Å². The normalized spacial score (nSPS) is 10.3. The Kier molecular flexibility index (Phi) is 5.67. The second-order valence-electron chi connectivity index (χ2n) is 6.16. The van der Waals surface area contributed by atoms with Crippen molar-refractivity contribution in [3.63, 3.8) is 0 Å². The molecule has 0 spiro atoms. The van der Waals surface area contributed by atoms with Gasteiger partial charge in [0.1, 0.15) is 0 Å². The summed E-state index contributed by atoms with van der Waals surface area (Å²) in [4.78, 5) is 28.8. The van der Waals surface area contributed by atoms with Gasteiger partial charge in [0.2, 0.25) is 0 Å². The van der Waals surface area contributed by atoms with Crippen molar-refractivity contribution in [3.8, 4) is 0 Å². The van der Waals surface area contributed by atoms with Crippen LogP contribution in [0.3, 0.4) is 0 Å². The van der Waals surface area contributed by atoms with Crippen molar-refractivity contribution < 1.29 is 9.59 Å². The van der Waals surface area contributed by atoms with Gasteiger partial charge in [-0.2, -0.15) is 0 Å². The third kappa shape index (κ3) is 4.06. The zero-order valence-corrected chi connectivity index (χ0v) is 15.5. The summed E-state index contributed by atoms with van der Waals surface area (Å²) in [5.74, 6) is -0.199. The van der Waals surface area contributed by atoms with Crippen LogP contribution < -0.4 is 9.80 Å². The van der Waals surface area contributed by atoms with Crippen LogP contribution in [-0.4, -0.2) is 25.4 Å². The highest BCUT2D eigenvalue weighted by molar-refractivity contribution is 6.08. The Bertz CT molecular complexity index is 906. The van der Waals surface area contributed by atoms with Crippen LogP contribution in [0.5, 0.6) is 0 Å². The molecule has 0 saturated carbocycles. The molecule has 4 heteroatoms. The van der Waals surface area contributed by atoms with Gasteiger partial charge in [0.05, 0.1) is 0 Å². The highest BCUT2D eigenvalue weighted by Gasteiger charge is 2.18. The van der Waals surface area contributed by atoms with E-state index in [1.807, 2.05) is 67.6 Å². The molecular formula is C23H22N2O2. The lowest BCUT2D eigenvalue weighted by Gasteiger charge is -2.21. The van der Waals surface area contributed by atoms with E-state index in [2.05, 4.69) is 0 Å². The van der Waals surface area contributed by atoms with E-state index in [1.54, 1.807) is 41.1 Å². The zero-order chi connectivity index (χ0) is 19.2. The molecule has 136 valence electrons. The van der Waals surface area contributed by atoms with Crippen molar-refractivity contribution in [2.75, 3.05) is 23.4 Å². The van der Waals surface area contributed by atoms with Crippen molar-refractivity contribution >= 4 is 23.2 Å². The van der Waals surface area contributed by atoms with E-state index in [0.29, 0.717) is 17.7 Å². The summed E-state index contributed by atoms with van der Waals surface area (Å²) >= 11 is 0. The quantitative estimate of drug-likeness (QED) is 0.667. The molecule has 2 amide bonds. The number of carbonyl (C=O) groups excluding carboxylic acids is 2. The van der Waals surface area contributed by atoms with Gasteiger partial charge in [0.25, 0.3) is 11.8 Å². The standard InChI is InChI=1S/C23H22N2O2/c1-3-25(21-12-8-5-9-13-21)23(27)19-16-14-18(15-17-19)22(26)24(2)20-10-6-4-7-11-20/h4-17H,3H2,1-2H3. The largest absolute Gasteiger partial charge is 0.311 e. The van der Waals surface area contributed by atoms with Gasteiger partial charge < -0.3 is 9.80 Å². The molecule has 27 heavy (non-hydrogen) atoms. The van der Waals surface area contributed by atoms with Crippen LogP contribution in [-0.2, 0) is 0 Å². The van der Waals surface area contributed by atoms with Crippen LogP contribution in [0.4, 0.5) is 11.4 Å². The highest BCUT2D eigenvalue weighted by Crippen LogP contribution is 2.19. The van der Waals surface area contributed by atoms with Gasteiger partial charge in [0, 0.05) is 36.1 Å². The maximum Gasteiger partial charge on any atom is 0.258 e. The van der Waals surface area contributed by atoms with Crippen LogP contribution in [0.1, 0.15) is 27.6 Å². The lowest BCUT2D eigenvalue weighted by atomic mass is 10.1. The number of nitrogens with zero attached hydrogens (tertiary/aromatic N) is 2. The van der Waals surface area contributed by atoms with Crippen molar-refractivity contribution in [2.45, 2.75) is 6.92 Å². The Morgan fingerprint density at radius 3 is 1.59 bits per heavy atom. The third-order valence-electron chi connectivity index (χ3n) is 4.46.